The summed E-state index contributed by atoms with van der Waals surface area (Å²) in [6.45, 7) is 0.369. The molecule has 206 valence electrons. The van der Waals surface area contributed by atoms with Crippen LogP contribution < -0.4 is 9.62 Å². The van der Waals surface area contributed by atoms with Gasteiger partial charge in [-0.2, -0.15) is 0 Å². The first kappa shape index (κ1) is 27.7. The molecular formula is C31H30ClN3O4S. The number of carbonyl (C=O) groups is 2. The number of rotatable bonds is 10. The zero-order valence-corrected chi connectivity index (χ0v) is 23.7. The molecule has 4 aromatic carbocycles. The van der Waals surface area contributed by atoms with E-state index in [0.29, 0.717) is 33.8 Å². The molecule has 0 saturated carbocycles. The highest BCUT2D eigenvalue weighted by Gasteiger charge is 2.35. The Balaban J connectivity index is 1.37. The van der Waals surface area contributed by atoms with Gasteiger partial charge in [-0.3, -0.25) is 13.9 Å². The van der Waals surface area contributed by atoms with Gasteiger partial charge in [0.2, 0.25) is 11.8 Å². The second-order valence-electron chi connectivity index (χ2n) is 9.78. The summed E-state index contributed by atoms with van der Waals surface area (Å²) in [5.41, 5.74) is 2.40. The third kappa shape index (κ3) is 5.55. The highest BCUT2D eigenvalue weighted by Crippen LogP contribution is 2.42. The van der Waals surface area contributed by atoms with E-state index < -0.39 is 16.1 Å². The first-order valence-corrected chi connectivity index (χ1v) is 15.0. The van der Waals surface area contributed by atoms with Crippen molar-refractivity contribution in [1.82, 2.24) is 10.2 Å². The van der Waals surface area contributed by atoms with Crippen LogP contribution in [0.15, 0.2) is 95.9 Å². The van der Waals surface area contributed by atoms with Crippen molar-refractivity contribution in [1.29, 1.82) is 0 Å². The number of hydrogen-bond donors (Lipinski definition) is 1. The maximum absolute atomic E-state index is 13.8. The number of benzene rings is 4. The summed E-state index contributed by atoms with van der Waals surface area (Å²) in [4.78, 5) is 28.7. The number of anilines is 1. The number of sulfonamides is 1. The Morgan fingerprint density at radius 3 is 2.30 bits per heavy atom. The molecule has 4 aromatic rings. The SMILES string of the molecule is CNC(=O)[C@@H](Cc1ccccc1)N(Cc1ccc(Cl)cc1)C(=O)CCCN1c2cccc3cccc(c23)S1(=O)=O. The van der Waals surface area contributed by atoms with Crippen LogP contribution in [0.1, 0.15) is 24.0 Å². The first-order chi connectivity index (χ1) is 19.3. The molecule has 5 rings (SSSR count). The van der Waals surface area contributed by atoms with E-state index in [1.54, 1.807) is 42.3 Å². The fraction of sp³-hybridized carbons (Fsp3) is 0.226. The van der Waals surface area contributed by atoms with Crippen molar-refractivity contribution in [3.8, 4) is 0 Å². The van der Waals surface area contributed by atoms with Crippen LogP contribution in [-0.2, 0) is 32.6 Å². The third-order valence-electron chi connectivity index (χ3n) is 7.22. The minimum atomic E-state index is -3.71. The predicted octanol–water partition coefficient (Wildman–Crippen LogP) is 5.17. The lowest BCUT2D eigenvalue weighted by Gasteiger charge is -2.31. The van der Waals surface area contributed by atoms with Crippen LogP contribution in [0.25, 0.3) is 10.8 Å². The van der Waals surface area contributed by atoms with E-state index in [9.17, 15) is 18.0 Å². The fourth-order valence-corrected chi connectivity index (χ4v) is 7.10. The Morgan fingerprint density at radius 2 is 1.60 bits per heavy atom. The Morgan fingerprint density at radius 1 is 0.900 bits per heavy atom. The Labute approximate surface area is 239 Å². The van der Waals surface area contributed by atoms with Crippen molar-refractivity contribution in [3.63, 3.8) is 0 Å². The van der Waals surface area contributed by atoms with E-state index in [2.05, 4.69) is 5.32 Å². The molecule has 1 aliphatic rings. The van der Waals surface area contributed by atoms with Gasteiger partial charge in [0.15, 0.2) is 0 Å². The smallest absolute Gasteiger partial charge is 0.265 e. The van der Waals surface area contributed by atoms with Gasteiger partial charge >= 0.3 is 0 Å². The van der Waals surface area contributed by atoms with Crippen molar-refractivity contribution in [2.24, 2.45) is 0 Å². The lowest BCUT2D eigenvalue weighted by Crippen LogP contribution is -2.49. The summed E-state index contributed by atoms with van der Waals surface area (Å²) in [6, 6.07) is 26.8. The fourth-order valence-electron chi connectivity index (χ4n) is 5.22. The number of likely N-dealkylation sites (N-methyl/N-ethyl adjacent to an activating group) is 1. The molecule has 0 fully saturated rings. The Bertz CT molecular complexity index is 1640. The van der Waals surface area contributed by atoms with Gasteiger partial charge in [-0.05, 0) is 47.2 Å². The van der Waals surface area contributed by atoms with Gasteiger partial charge in [0.25, 0.3) is 10.0 Å². The van der Waals surface area contributed by atoms with Gasteiger partial charge in [-0.1, -0.05) is 78.3 Å². The number of halogens is 1. The van der Waals surface area contributed by atoms with E-state index in [1.165, 1.54) is 4.31 Å². The van der Waals surface area contributed by atoms with Crippen molar-refractivity contribution < 1.29 is 18.0 Å². The van der Waals surface area contributed by atoms with Crippen LogP contribution in [0.3, 0.4) is 0 Å². The number of amides is 2. The van der Waals surface area contributed by atoms with Gasteiger partial charge in [-0.25, -0.2) is 8.42 Å². The molecular weight excluding hydrogens is 546 g/mol. The van der Waals surface area contributed by atoms with Crippen LogP contribution in [-0.4, -0.2) is 44.8 Å². The molecule has 7 nitrogen and oxygen atoms in total. The van der Waals surface area contributed by atoms with Crippen LogP contribution in [0.4, 0.5) is 5.69 Å². The first-order valence-electron chi connectivity index (χ1n) is 13.1. The molecule has 0 saturated heterocycles. The molecule has 1 aliphatic heterocycles. The van der Waals surface area contributed by atoms with Gasteiger partial charge in [0.1, 0.15) is 6.04 Å². The van der Waals surface area contributed by atoms with Gasteiger partial charge in [-0.15, -0.1) is 0 Å². The minimum absolute atomic E-state index is 0.0776. The summed E-state index contributed by atoms with van der Waals surface area (Å²) >= 11 is 6.07. The molecule has 0 unspecified atom stereocenters. The molecule has 9 heteroatoms. The molecule has 0 bridgehead atoms. The average Bonchev–Trinajstić information content (AvgIpc) is 3.19. The summed E-state index contributed by atoms with van der Waals surface area (Å²) in [5, 5.41) is 4.86. The summed E-state index contributed by atoms with van der Waals surface area (Å²) in [5.74, 6) is -0.498. The van der Waals surface area contributed by atoms with Crippen molar-refractivity contribution in [2.45, 2.75) is 36.7 Å². The van der Waals surface area contributed by atoms with Gasteiger partial charge in [0, 0.05) is 43.4 Å². The quantitative estimate of drug-likeness (QED) is 0.283. The molecule has 40 heavy (non-hydrogen) atoms. The lowest BCUT2D eigenvalue weighted by molar-refractivity contribution is -0.141. The monoisotopic (exact) mass is 575 g/mol. The van der Waals surface area contributed by atoms with Crippen molar-refractivity contribution in [2.75, 3.05) is 17.9 Å². The van der Waals surface area contributed by atoms with Gasteiger partial charge < -0.3 is 10.2 Å². The second kappa shape index (κ2) is 11.7. The molecule has 0 aliphatic carbocycles. The van der Waals surface area contributed by atoms with Gasteiger partial charge in [0.05, 0.1) is 10.6 Å². The highest BCUT2D eigenvalue weighted by molar-refractivity contribution is 7.93. The molecule has 0 aromatic heterocycles. The zero-order chi connectivity index (χ0) is 28.3. The van der Waals surface area contributed by atoms with E-state index >= 15 is 0 Å². The predicted molar refractivity (Wildman–Crippen MR) is 158 cm³/mol. The largest absolute Gasteiger partial charge is 0.357 e. The van der Waals surface area contributed by atoms with E-state index in [-0.39, 0.29) is 31.3 Å². The number of carbonyl (C=O) groups excluding carboxylic acids is 2. The number of nitrogens with zero attached hydrogens (tertiary/aromatic N) is 2. The highest BCUT2D eigenvalue weighted by atomic mass is 35.5. The topological polar surface area (TPSA) is 86.8 Å². The summed E-state index contributed by atoms with van der Waals surface area (Å²) in [7, 11) is -2.15. The van der Waals surface area contributed by atoms with Crippen LogP contribution >= 0.6 is 11.6 Å². The van der Waals surface area contributed by atoms with E-state index in [4.69, 9.17) is 11.6 Å². The molecule has 2 amide bonds. The molecule has 1 heterocycles. The minimum Gasteiger partial charge on any atom is -0.357 e. The summed E-state index contributed by atoms with van der Waals surface area (Å²) < 4.78 is 28.1. The third-order valence-corrected chi connectivity index (χ3v) is 9.32. The van der Waals surface area contributed by atoms with Crippen molar-refractivity contribution in [3.05, 3.63) is 107 Å². The normalized spacial score (nSPS) is 14.2. The van der Waals surface area contributed by atoms with E-state index in [0.717, 1.165) is 16.5 Å². The Hall–Kier alpha value is -3.88. The molecule has 0 spiro atoms. The Kier molecular flexibility index (Phi) is 8.09. The maximum atomic E-state index is 13.8. The van der Waals surface area contributed by atoms with Crippen LogP contribution in [0.5, 0.6) is 0 Å². The van der Waals surface area contributed by atoms with E-state index in [1.807, 2.05) is 60.7 Å². The standard InChI is InChI=1S/C31H30ClN3O4S/c1-33-31(37)27(20-22-8-3-2-4-9-22)34(21-23-15-17-25(32)18-16-23)29(36)14-7-19-35-26-12-5-10-24-11-6-13-28(30(24)26)40(35,38)39/h2-6,8-13,15-18,27H,7,14,19-21H2,1H3,(H,33,37)/t27-/m1/s1. The van der Waals surface area contributed by atoms with Crippen LogP contribution in [0, 0.1) is 0 Å². The second-order valence-corrected chi connectivity index (χ2v) is 12.0. The molecule has 0 radical (unpaired) electrons. The maximum Gasteiger partial charge on any atom is 0.265 e. The number of nitrogens with one attached hydrogen (secondary N) is 1. The zero-order valence-electron chi connectivity index (χ0n) is 22.1. The molecule has 1 N–H and O–H groups in total. The van der Waals surface area contributed by atoms with Crippen LogP contribution in [0.2, 0.25) is 5.02 Å². The summed E-state index contributed by atoms with van der Waals surface area (Å²) in [6.07, 6.45) is 0.719. The number of hydrogen-bond acceptors (Lipinski definition) is 4. The lowest BCUT2D eigenvalue weighted by atomic mass is 10.0. The average molecular weight is 576 g/mol. The molecule has 1 atom stereocenters. The van der Waals surface area contributed by atoms with Crippen molar-refractivity contribution >= 4 is 49.9 Å².